The molecule has 0 bridgehead atoms. The van der Waals surface area contributed by atoms with E-state index in [0.717, 1.165) is 23.2 Å². The van der Waals surface area contributed by atoms with Crippen molar-refractivity contribution in [1.82, 2.24) is 19.1 Å². The number of aliphatic hydroxyl groups excluding tert-OH is 1. The number of alkyl halides is 2. The normalized spacial score (nSPS) is 25.6. The van der Waals surface area contributed by atoms with E-state index >= 15 is 0 Å². The zero-order valence-corrected chi connectivity index (χ0v) is 25.3. The number of benzene rings is 1. The largest absolute Gasteiger partial charge is 0.473 e. The molecule has 15 nitrogen and oxygen atoms in total. The van der Waals surface area contributed by atoms with Gasteiger partial charge in [-0.25, -0.2) is 19.1 Å². The van der Waals surface area contributed by atoms with E-state index in [1.54, 1.807) is 6.07 Å². The first-order valence-electron chi connectivity index (χ1n) is 14.3. The number of aliphatic hydroxyl groups is 1. The van der Waals surface area contributed by atoms with Crippen molar-refractivity contribution in [3.05, 3.63) is 86.2 Å². The van der Waals surface area contributed by atoms with Gasteiger partial charge < -0.3 is 29.8 Å². The summed E-state index contributed by atoms with van der Waals surface area (Å²) >= 11 is 0. The van der Waals surface area contributed by atoms with Gasteiger partial charge in [-0.3, -0.25) is 18.4 Å². The summed E-state index contributed by atoms with van der Waals surface area (Å²) in [6.07, 6.45) is -6.28. The van der Waals surface area contributed by atoms with E-state index < -0.39 is 68.2 Å². The molecule has 4 N–H and O–H groups in total. The number of rotatable bonds is 7. The monoisotopic (exact) mass is 673 g/mol. The SMILES string of the molecule is CC[C@@]1(OP(=O)(O)OC[C@H]2O[C@@H](n3ccc(N)nc3=O)C(F)(F)[C@@H]2O)C(=O)OCc2c1cc1n(c2=O)Cc2cc3ccccc3nc2-1. The Kier molecular flexibility index (Phi) is 7.20. The summed E-state index contributed by atoms with van der Waals surface area (Å²) in [5, 5.41) is 11.2. The van der Waals surface area contributed by atoms with Crippen LogP contribution in [0, 0.1) is 0 Å². The number of ether oxygens (including phenoxy) is 2. The third-order valence-electron chi connectivity index (χ3n) is 8.54. The van der Waals surface area contributed by atoms with Crippen LogP contribution in [0.4, 0.5) is 14.6 Å². The maximum atomic E-state index is 15.0. The standard InChI is InChI=1S/C29H26F2N5O10P/c1-2-28(46-47(41,42)44-13-20-23(37)29(30,31)25(45-20)35-8-7-21(32)34-27(35)40)17-10-19-22-15(9-14-5-3-4-6-18(14)33-22)11-36(19)24(38)16(17)12-43-26(28)39/h3-10,20,23,25,37H,2,11-13H2,1H3,(H,41,42)(H2,32,34,40)/t20-,23-,25-,28+/m1/s1. The van der Waals surface area contributed by atoms with Gasteiger partial charge in [0.25, 0.3) is 5.56 Å². The number of esters is 1. The number of phosphoric ester groups is 1. The van der Waals surface area contributed by atoms with E-state index in [0.29, 0.717) is 21.5 Å². The summed E-state index contributed by atoms with van der Waals surface area (Å²) in [5.41, 5.74) is 3.59. The second-order valence-electron chi connectivity index (χ2n) is 11.3. The van der Waals surface area contributed by atoms with Crippen LogP contribution in [0.5, 0.6) is 0 Å². The predicted molar refractivity (Wildman–Crippen MR) is 157 cm³/mol. The molecule has 246 valence electrons. The molecule has 1 fully saturated rings. The number of aromatic nitrogens is 4. The fourth-order valence-electron chi connectivity index (χ4n) is 6.17. The number of anilines is 1. The topological polar surface area (TPSA) is 207 Å². The van der Waals surface area contributed by atoms with E-state index in [1.807, 2.05) is 24.3 Å². The molecule has 47 heavy (non-hydrogen) atoms. The highest BCUT2D eigenvalue weighted by Crippen LogP contribution is 2.54. The number of hydrogen-bond acceptors (Lipinski definition) is 12. The van der Waals surface area contributed by atoms with E-state index in [1.165, 1.54) is 17.6 Å². The molecular formula is C29H26F2N5O10P. The fourth-order valence-corrected chi connectivity index (χ4v) is 7.25. The van der Waals surface area contributed by atoms with Gasteiger partial charge in [-0.1, -0.05) is 25.1 Å². The Morgan fingerprint density at radius 1 is 1.17 bits per heavy atom. The molecule has 5 atom stereocenters. The van der Waals surface area contributed by atoms with Gasteiger partial charge in [0.1, 0.15) is 18.5 Å². The second kappa shape index (κ2) is 10.8. The average molecular weight is 674 g/mol. The van der Waals surface area contributed by atoms with Crippen LogP contribution in [0.1, 0.15) is 36.3 Å². The molecule has 0 radical (unpaired) electrons. The molecule has 4 aromatic rings. The molecule has 7 rings (SSSR count). The maximum Gasteiger partial charge on any atom is 0.473 e. The van der Waals surface area contributed by atoms with E-state index in [-0.39, 0.29) is 29.9 Å². The molecule has 3 aliphatic heterocycles. The molecule has 0 spiro atoms. The summed E-state index contributed by atoms with van der Waals surface area (Å²) < 4.78 is 66.0. The van der Waals surface area contributed by atoms with Crippen molar-refractivity contribution in [1.29, 1.82) is 0 Å². The number of carbonyl (C=O) groups excluding carboxylic acids is 1. The molecule has 0 amide bonds. The molecule has 1 unspecified atom stereocenters. The summed E-state index contributed by atoms with van der Waals surface area (Å²) in [7, 11) is -5.36. The van der Waals surface area contributed by atoms with Crippen molar-refractivity contribution in [3.8, 4) is 11.4 Å². The number of nitrogens with two attached hydrogens (primary N) is 1. The van der Waals surface area contributed by atoms with Crippen LogP contribution in [-0.4, -0.2) is 59.8 Å². The number of nitrogens with zero attached hydrogens (tertiary/aromatic N) is 4. The smallest absolute Gasteiger partial charge is 0.458 e. The van der Waals surface area contributed by atoms with Gasteiger partial charge in [0.2, 0.25) is 11.8 Å². The van der Waals surface area contributed by atoms with Crippen LogP contribution in [0.15, 0.2) is 58.3 Å². The van der Waals surface area contributed by atoms with Crippen LogP contribution < -0.4 is 17.0 Å². The number of halogens is 2. The van der Waals surface area contributed by atoms with Gasteiger partial charge >= 0.3 is 25.4 Å². The highest BCUT2D eigenvalue weighted by Gasteiger charge is 2.60. The quantitative estimate of drug-likeness (QED) is 0.167. The van der Waals surface area contributed by atoms with Crippen LogP contribution in [0.3, 0.4) is 0 Å². The third-order valence-corrected chi connectivity index (χ3v) is 9.56. The first-order chi connectivity index (χ1) is 22.3. The van der Waals surface area contributed by atoms with Crippen molar-refractivity contribution < 1.29 is 46.7 Å². The Hall–Kier alpha value is -4.38. The van der Waals surface area contributed by atoms with Crippen LogP contribution in [0.2, 0.25) is 0 Å². The lowest BCUT2D eigenvalue weighted by molar-refractivity contribution is -0.171. The number of pyridine rings is 2. The van der Waals surface area contributed by atoms with Crippen LogP contribution >= 0.6 is 7.82 Å². The zero-order chi connectivity index (χ0) is 33.5. The highest BCUT2D eigenvalue weighted by molar-refractivity contribution is 7.47. The van der Waals surface area contributed by atoms with Crippen molar-refractivity contribution in [2.45, 2.75) is 56.5 Å². The Bertz CT molecular complexity index is 2140. The van der Waals surface area contributed by atoms with Crippen molar-refractivity contribution in [2.75, 3.05) is 12.3 Å². The lowest BCUT2D eigenvalue weighted by atomic mass is 9.86. The van der Waals surface area contributed by atoms with Crippen molar-refractivity contribution >= 4 is 30.5 Å². The Morgan fingerprint density at radius 2 is 1.94 bits per heavy atom. The lowest BCUT2D eigenvalue weighted by Gasteiger charge is -2.36. The van der Waals surface area contributed by atoms with Gasteiger partial charge in [0.05, 0.1) is 35.6 Å². The average Bonchev–Trinajstić information content (AvgIpc) is 3.49. The Morgan fingerprint density at radius 3 is 2.68 bits per heavy atom. The molecule has 3 aliphatic rings. The molecule has 0 saturated carbocycles. The van der Waals surface area contributed by atoms with Gasteiger partial charge in [-0.2, -0.15) is 13.8 Å². The number of hydrogen-bond donors (Lipinski definition) is 3. The third kappa shape index (κ3) is 4.89. The van der Waals surface area contributed by atoms with Gasteiger partial charge in [0.15, 0.2) is 6.10 Å². The molecular weight excluding hydrogens is 647 g/mol. The van der Waals surface area contributed by atoms with Crippen molar-refractivity contribution in [3.63, 3.8) is 0 Å². The highest BCUT2D eigenvalue weighted by atomic mass is 31.2. The summed E-state index contributed by atoms with van der Waals surface area (Å²) in [6.45, 7) is 0.0854. The molecule has 18 heteroatoms. The lowest BCUT2D eigenvalue weighted by Crippen LogP contribution is -2.46. The minimum absolute atomic E-state index is 0.00661. The number of phosphoric acid groups is 1. The molecule has 0 aliphatic carbocycles. The van der Waals surface area contributed by atoms with Crippen LogP contribution in [-0.2, 0) is 46.6 Å². The molecule has 6 heterocycles. The number of carbonyl (C=O) groups is 1. The first-order valence-corrected chi connectivity index (χ1v) is 15.8. The number of para-hydroxylation sites is 1. The maximum absolute atomic E-state index is 15.0. The fraction of sp³-hybridized carbons (Fsp3) is 0.345. The Labute approximate surface area is 262 Å². The van der Waals surface area contributed by atoms with Gasteiger partial charge in [-0.15, -0.1) is 0 Å². The summed E-state index contributed by atoms with van der Waals surface area (Å²) in [4.78, 5) is 58.0. The number of fused-ring (bicyclic) bond motifs is 5. The minimum Gasteiger partial charge on any atom is -0.458 e. The Balaban J connectivity index is 1.19. The minimum atomic E-state index is -5.36. The zero-order valence-electron chi connectivity index (χ0n) is 24.4. The van der Waals surface area contributed by atoms with Crippen LogP contribution in [0.25, 0.3) is 22.3 Å². The molecule has 3 aromatic heterocycles. The predicted octanol–water partition coefficient (Wildman–Crippen LogP) is 1.95. The summed E-state index contributed by atoms with van der Waals surface area (Å²) in [6, 6.07) is 11.8. The molecule has 1 saturated heterocycles. The van der Waals surface area contributed by atoms with Crippen molar-refractivity contribution in [2.24, 2.45) is 0 Å². The first kappa shape index (κ1) is 31.2. The molecule has 1 aromatic carbocycles. The second-order valence-corrected chi connectivity index (χ2v) is 12.7. The van der Waals surface area contributed by atoms with E-state index in [4.69, 9.17) is 29.2 Å². The summed E-state index contributed by atoms with van der Waals surface area (Å²) in [5.74, 6) is -5.38. The van der Waals surface area contributed by atoms with Gasteiger partial charge in [0, 0.05) is 22.7 Å². The van der Waals surface area contributed by atoms with Gasteiger partial charge in [-0.05, 0) is 30.7 Å². The van der Waals surface area contributed by atoms with E-state index in [9.17, 15) is 37.7 Å². The number of nitrogen functional groups attached to an aromatic ring is 1. The number of cyclic esters (lactones) is 1. The van der Waals surface area contributed by atoms with E-state index in [2.05, 4.69) is 4.98 Å².